The number of aryl methyl sites for hydroxylation is 1. The van der Waals surface area contributed by atoms with Gasteiger partial charge in [-0.2, -0.15) is 0 Å². The molecule has 1 aromatic rings. The van der Waals surface area contributed by atoms with Crippen LogP contribution in [0.5, 0.6) is 0 Å². The second-order valence-corrected chi connectivity index (χ2v) is 4.18. The predicted octanol–water partition coefficient (Wildman–Crippen LogP) is 3.24. The zero-order valence-electron chi connectivity index (χ0n) is 7.93. The molecule has 1 N–H and O–H groups in total. The van der Waals surface area contributed by atoms with E-state index < -0.39 is 0 Å². The van der Waals surface area contributed by atoms with Gasteiger partial charge in [0.1, 0.15) is 5.76 Å². The summed E-state index contributed by atoms with van der Waals surface area (Å²) in [5.41, 5.74) is 1.23. The SMILES string of the molecule is CCCC1CCc2[nH]c(=S)oc2C1. The summed E-state index contributed by atoms with van der Waals surface area (Å²) in [4.78, 5) is 3.65. The van der Waals surface area contributed by atoms with E-state index in [1.165, 1.54) is 25.0 Å². The third-order valence-electron chi connectivity index (χ3n) is 2.78. The van der Waals surface area contributed by atoms with Crippen molar-refractivity contribution in [3.8, 4) is 0 Å². The van der Waals surface area contributed by atoms with E-state index in [-0.39, 0.29) is 0 Å². The molecule has 2 nitrogen and oxygen atoms in total. The number of nitrogens with one attached hydrogen (secondary N) is 1. The lowest BCUT2D eigenvalue weighted by molar-refractivity contribution is 0.367. The number of aromatic amines is 1. The van der Waals surface area contributed by atoms with E-state index in [2.05, 4.69) is 11.9 Å². The molecule has 0 radical (unpaired) electrons. The minimum atomic E-state index is 0.544. The molecule has 0 aliphatic heterocycles. The maximum Gasteiger partial charge on any atom is 0.266 e. The molecule has 1 atom stereocenters. The maximum absolute atomic E-state index is 5.44. The van der Waals surface area contributed by atoms with Gasteiger partial charge in [-0.15, -0.1) is 0 Å². The van der Waals surface area contributed by atoms with Crippen molar-refractivity contribution in [1.82, 2.24) is 4.98 Å². The van der Waals surface area contributed by atoms with Crippen molar-refractivity contribution in [1.29, 1.82) is 0 Å². The molecule has 0 spiro atoms. The number of aromatic nitrogens is 1. The minimum absolute atomic E-state index is 0.544. The number of fused-ring (bicyclic) bond motifs is 1. The van der Waals surface area contributed by atoms with Gasteiger partial charge in [-0.3, -0.25) is 0 Å². The maximum atomic E-state index is 5.44. The summed E-state index contributed by atoms with van der Waals surface area (Å²) >= 11 is 4.96. The Bertz CT molecular complexity index is 339. The van der Waals surface area contributed by atoms with Gasteiger partial charge in [-0.1, -0.05) is 19.8 Å². The summed E-state index contributed by atoms with van der Waals surface area (Å²) in [6.45, 7) is 2.24. The molecule has 72 valence electrons. The van der Waals surface area contributed by atoms with Crippen LogP contribution >= 0.6 is 12.2 Å². The average molecular weight is 197 g/mol. The van der Waals surface area contributed by atoms with Crippen LogP contribution in [0.4, 0.5) is 0 Å². The topological polar surface area (TPSA) is 28.9 Å². The molecule has 1 aliphatic carbocycles. The van der Waals surface area contributed by atoms with Gasteiger partial charge >= 0.3 is 0 Å². The van der Waals surface area contributed by atoms with Crippen LogP contribution in [0.25, 0.3) is 0 Å². The Kier molecular flexibility index (Phi) is 2.54. The second-order valence-electron chi connectivity index (χ2n) is 3.81. The first-order valence-electron chi connectivity index (χ1n) is 5.00. The van der Waals surface area contributed by atoms with Crippen molar-refractivity contribution >= 4 is 12.2 Å². The van der Waals surface area contributed by atoms with E-state index in [0.717, 1.165) is 24.5 Å². The van der Waals surface area contributed by atoms with Gasteiger partial charge in [-0.05, 0) is 31.0 Å². The number of hydrogen-bond acceptors (Lipinski definition) is 2. The van der Waals surface area contributed by atoms with E-state index in [1.807, 2.05) is 0 Å². The summed E-state index contributed by atoms with van der Waals surface area (Å²) in [6.07, 6.45) is 6.06. The molecule has 0 bridgehead atoms. The fraction of sp³-hybridized carbons (Fsp3) is 0.700. The molecule has 3 heteroatoms. The van der Waals surface area contributed by atoms with Crippen molar-refractivity contribution in [3.05, 3.63) is 16.3 Å². The molecule has 2 rings (SSSR count). The summed E-state index contributed by atoms with van der Waals surface area (Å²) in [5.74, 6) is 1.92. The molecular formula is C10H15NOS. The quantitative estimate of drug-likeness (QED) is 0.737. The van der Waals surface area contributed by atoms with Crippen molar-refractivity contribution in [2.45, 2.75) is 39.0 Å². The van der Waals surface area contributed by atoms with Gasteiger partial charge in [0.25, 0.3) is 4.84 Å². The highest BCUT2D eigenvalue weighted by molar-refractivity contribution is 7.71. The minimum Gasteiger partial charge on any atom is -0.434 e. The highest BCUT2D eigenvalue weighted by Crippen LogP contribution is 2.27. The molecule has 0 amide bonds. The average Bonchev–Trinajstić information content (AvgIpc) is 2.44. The standard InChI is InChI=1S/C10H15NOS/c1-2-3-7-4-5-8-9(6-7)12-10(13)11-8/h7H,2-6H2,1H3,(H,11,13). The Morgan fingerprint density at radius 1 is 1.62 bits per heavy atom. The number of oxazole rings is 1. The van der Waals surface area contributed by atoms with E-state index >= 15 is 0 Å². The van der Waals surface area contributed by atoms with Crippen LogP contribution in [0.1, 0.15) is 37.6 Å². The number of H-pyrrole nitrogens is 1. The summed E-state index contributed by atoms with van der Waals surface area (Å²) in [7, 11) is 0. The zero-order chi connectivity index (χ0) is 9.26. The van der Waals surface area contributed by atoms with Crippen LogP contribution in [-0.4, -0.2) is 4.98 Å². The molecule has 0 aromatic carbocycles. The summed E-state index contributed by atoms with van der Waals surface area (Å²) in [5, 5.41) is 0. The Morgan fingerprint density at radius 3 is 3.23 bits per heavy atom. The van der Waals surface area contributed by atoms with Gasteiger partial charge in [0.2, 0.25) is 0 Å². The van der Waals surface area contributed by atoms with E-state index in [9.17, 15) is 0 Å². The first-order chi connectivity index (χ1) is 6.29. The highest BCUT2D eigenvalue weighted by Gasteiger charge is 2.21. The Morgan fingerprint density at radius 2 is 2.46 bits per heavy atom. The molecule has 13 heavy (non-hydrogen) atoms. The fourth-order valence-electron chi connectivity index (χ4n) is 2.13. The third-order valence-corrected chi connectivity index (χ3v) is 2.96. The Labute approximate surface area is 83.4 Å². The molecule has 1 heterocycles. The Hall–Kier alpha value is -0.570. The van der Waals surface area contributed by atoms with Gasteiger partial charge in [0.05, 0.1) is 5.69 Å². The molecule has 0 saturated carbocycles. The second kappa shape index (κ2) is 3.66. The molecule has 1 unspecified atom stereocenters. The molecule has 0 saturated heterocycles. The first-order valence-corrected chi connectivity index (χ1v) is 5.41. The van der Waals surface area contributed by atoms with Gasteiger partial charge in [-0.25, -0.2) is 0 Å². The lowest BCUT2D eigenvalue weighted by Gasteiger charge is -2.19. The lowest BCUT2D eigenvalue weighted by atomic mass is 9.87. The van der Waals surface area contributed by atoms with Crippen LogP contribution in [-0.2, 0) is 12.8 Å². The zero-order valence-corrected chi connectivity index (χ0v) is 8.75. The van der Waals surface area contributed by atoms with Crippen LogP contribution < -0.4 is 0 Å². The molecule has 0 fully saturated rings. The van der Waals surface area contributed by atoms with Gasteiger partial charge < -0.3 is 9.40 Å². The predicted molar refractivity (Wildman–Crippen MR) is 54.3 cm³/mol. The van der Waals surface area contributed by atoms with Crippen LogP contribution in [0.2, 0.25) is 0 Å². The van der Waals surface area contributed by atoms with Crippen LogP contribution in [0, 0.1) is 10.8 Å². The fourth-order valence-corrected chi connectivity index (χ4v) is 2.35. The Balaban J connectivity index is 2.14. The third kappa shape index (κ3) is 1.85. The van der Waals surface area contributed by atoms with Crippen LogP contribution in [0.3, 0.4) is 0 Å². The number of hydrogen-bond donors (Lipinski definition) is 1. The molecule has 1 aromatic heterocycles. The lowest BCUT2D eigenvalue weighted by Crippen LogP contribution is -2.12. The largest absolute Gasteiger partial charge is 0.434 e. The highest BCUT2D eigenvalue weighted by atomic mass is 32.1. The normalized spacial score (nSPS) is 21.5. The van der Waals surface area contributed by atoms with Crippen molar-refractivity contribution in [3.63, 3.8) is 0 Å². The van der Waals surface area contributed by atoms with E-state index in [1.54, 1.807) is 0 Å². The van der Waals surface area contributed by atoms with Crippen LogP contribution in [0.15, 0.2) is 4.42 Å². The van der Waals surface area contributed by atoms with E-state index in [0.29, 0.717) is 4.84 Å². The number of rotatable bonds is 2. The first kappa shape index (κ1) is 9.00. The molecule has 1 aliphatic rings. The molecular weight excluding hydrogens is 182 g/mol. The van der Waals surface area contributed by atoms with Crippen molar-refractivity contribution in [2.24, 2.45) is 5.92 Å². The van der Waals surface area contributed by atoms with Gasteiger partial charge in [0.15, 0.2) is 0 Å². The summed E-state index contributed by atoms with van der Waals surface area (Å²) < 4.78 is 5.44. The van der Waals surface area contributed by atoms with Crippen molar-refractivity contribution in [2.75, 3.05) is 0 Å². The van der Waals surface area contributed by atoms with Crippen molar-refractivity contribution < 1.29 is 4.42 Å². The monoisotopic (exact) mass is 197 g/mol. The smallest absolute Gasteiger partial charge is 0.266 e. The van der Waals surface area contributed by atoms with Gasteiger partial charge in [0, 0.05) is 6.42 Å². The summed E-state index contributed by atoms with van der Waals surface area (Å²) in [6, 6.07) is 0. The van der Waals surface area contributed by atoms with E-state index in [4.69, 9.17) is 16.6 Å².